The third-order valence-electron chi connectivity index (χ3n) is 4.37. The van der Waals surface area contributed by atoms with Crippen LogP contribution in [0.4, 0.5) is 13.2 Å². The van der Waals surface area contributed by atoms with Gasteiger partial charge in [0.25, 0.3) is 0 Å². The van der Waals surface area contributed by atoms with Gasteiger partial charge in [0.1, 0.15) is 0 Å². The number of hydrogen-bond donors (Lipinski definition) is 1. The second-order valence-electron chi connectivity index (χ2n) is 6.22. The Labute approximate surface area is 143 Å². The van der Waals surface area contributed by atoms with Gasteiger partial charge in [0.2, 0.25) is 5.91 Å². The van der Waals surface area contributed by atoms with Crippen molar-refractivity contribution in [2.24, 2.45) is 5.92 Å². The summed E-state index contributed by atoms with van der Waals surface area (Å²) >= 11 is 5.97. The third-order valence-corrected chi connectivity index (χ3v) is 4.81. The predicted molar refractivity (Wildman–Crippen MR) is 85.3 cm³/mol. The van der Waals surface area contributed by atoms with E-state index in [2.05, 4.69) is 5.32 Å². The van der Waals surface area contributed by atoms with Gasteiger partial charge >= 0.3 is 6.18 Å². The quantitative estimate of drug-likeness (QED) is 0.883. The molecule has 1 N–H and O–H groups in total. The molecule has 7 heteroatoms. The summed E-state index contributed by atoms with van der Waals surface area (Å²) in [6.45, 7) is 0.668. The van der Waals surface area contributed by atoms with Crippen molar-refractivity contribution in [3.8, 4) is 0 Å². The lowest BCUT2D eigenvalue weighted by Crippen LogP contribution is -2.41. The maximum atomic E-state index is 13.0. The Kier molecular flexibility index (Phi) is 4.76. The first-order valence-electron chi connectivity index (χ1n) is 7.91. The van der Waals surface area contributed by atoms with Crippen molar-refractivity contribution >= 4 is 17.5 Å². The summed E-state index contributed by atoms with van der Waals surface area (Å²) in [6.07, 6.45) is 1.63. The topological polar surface area (TPSA) is 32.3 Å². The molecule has 1 heterocycles. The van der Waals surface area contributed by atoms with E-state index in [4.69, 9.17) is 11.6 Å². The predicted octanol–water partition coefficient (Wildman–Crippen LogP) is 3.97. The Morgan fingerprint density at radius 1 is 1.33 bits per heavy atom. The van der Waals surface area contributed by atoms with Gasteiger partial charge in [0.05, 0.1) is 16.5 Å². The van der Waals surface area contributed by atoms with E-state index in [0.717, 1.165) is 18.9 Å². The minimum Gasteiger partial charge on any atom is -0.390 e. The van der Waals surface area contributed by atoms with Crippen molar-refractivity contribution in [1.82, 2.24) is 10.2 Å². The largest absolute Gasteiger partial charge is 0.417 e. The zero-order valence-electron chi connectivity index (χ0n) is 12.9. The van der Waals surface area contributed by atoms with Crippen LogP contribution in [0, 0.1) is 5.92 Å². The van der Waals surface area contributed by atoms with Crippen LogP contribution in [0.15, 0.2) is 30.5 Å². The minimum atomic E-state index is -4.50. The van der Waals surface area contributed by atoms with E-state index < -0.39 is 11.7 Å². The summed E-state index contributed by atoms with van der Waals surface area (Å²) in [7, 11) is 0. The van der Waals surface area contributed by atoms with Gasteiger partial charge in [0, 0.05) is 19.1 Å². The van der Waals surface area contributed by atoms with Crippen LogP contribution in [0.5, 0.6) is 0 Å². The molecule has 0 saturated heterocycles. The zero-order valence-corrected chi connectivity index (χ0v) is 13.7. The number of rotatable bonds is 4. The lowest BCUT2D eigenvalue weighted by atomic mass is 10.0. The standard InChI is InChI=1S/C17H18ClF3N2O/c18-15-12(3-1-5-14(15)17(19,20)21)10-23(13-6-7-13)16(24)11-4-2-8-22-9-11/h1-3,5,8,11,13,22H,4,6-7,9-10H2. The molecule has 0 aromatic heterocycles. The summed E-state index contributed by atoms with van der Waals surface area (Å²) in [5.74, 6) is -0.206. The molecule has 1 aromatic carbocycles. The van der Waals surface area contributed by atoms with Crippen LogP contribution in [-0.2, 0) is 17.5 Å². The van der Waals surface area contributed by atoms with E-state index >= 15 is 0 Å². The van der Waals surface area contributed by atoms with Crippen LogP contribution < -0.4 is 5.32 Å². The molecule has 1 unspecified atom stereocenters. The number of nitrogens with zero attached hydrogens (tertiary/aromatic N) is 1. The first-order chi connectivity index (χ1) is 11.4. The highest BCUT2D eigenvalue weighted by molar-refractivity contribution is 6.32. The van der Waals surface area contributed by atoms with E-state index in [0.29, 0.717) is 18.5 Å². The summed E-state index contributed by atoms with van der Waals surface area (Å²) in [6, 6.07) is 3.96. The number of allylic oxidation sites excluding steroid dienone is 1. The SMILES string of the molecule is O=C(C1CC=CNC1)N(Cc1cccc(C(F)(F)F)c1Cl)C1CC1. The molecule has 1 aliphatic carbocycles. The van der Waals surface area contributed by atoms with E-state index in [-0.39, 0.29) is 29.4 Å². The Hall–Kier alpha value is -1.69. The van der Waals surface area contributed by atoms with Gasteiger partial charge in [-0.3, -0.25) is 4.79 Å². The number of alkyl halides is 3. The number of hydrogen-bond acceptors (Lipinski definition) is 2. The number of carbonyl (C=O) groups excluding carboxylic acids is 1. The van der Waals surface area contributed by atoms with Crippen LogP contribution in [0.2, 0.25) is 5.02 Å². The molecule has 1 fully saturated rings. The molecular formula is C17H18ClF3N2O. The minimum absolute atomic E-state index is 0.0252. The van der Waals surface area contributed by atoms with Crippen LogP contribution in [0.25, 0.3) is 0 Å². The molecule has 3 rings (SSSR count). The maximum absolute atomic E-state index is 13.0. The van der Waals surface area contributed by atoms with Crippen LogP contribution in [-0.4, -0.2) is 23.4 Å². The highest BCUT2D eigenvalue weighted by atomic mass is 35.5. The van der Waals surface area contributed by atoms with Crippen molar-refractivity contribution in [2.45, 2.75) is 38.0 Å². The molecule has 2 aliphatic rings. The average molecular weight is 359 g/mol. The molecule has 0 bridgehead atoms. The normalized spacial score (nSPS) is 20.6. The monoisotopic (exact) mass is 358 g/mol. The van der Waals surface area contributed by atoms with Crippen molar-refractivity contribution in [1.29, 1.82) is 0 Å². The van der Waals surface area contributed by atoms with E-state index in [1.54, 1.807) is 11.0 Å². The van der Waals surface area contributed by atoms with Gasteiger partial charge in [-0.25, -0.2) is 0 Å². The molecule has 1 aromatic rings. The summed E-state index contributed by atoms with van der Waals surface area (Å²) in [4.78, 5) is 14.5. The summed E-state index contributed by atoms with van der Waals surface area (Å²) < 4.78 is 39.0. The average Bonchev–Trinajstić information content (AvgIpc) is 3.38. The number of nitrogens with one attached hydrogen (secondary N) is 1. The van der Waals surface area contributed by atoms with E-state index in [1.807, 2.05) is 12.3 Å². The smallest absolute Gasteiger partial charge is 0.390 e. The zero-order chi connectivity index (χ0) is 17.3. The van der Waals surface area contributed by atoms with Gasteiger partial charge in [-0.15, -0.1) is 0 Å². The number of halogens is 4. The molecule has 130 valence electrons. The van der Waals surface area contributed by atoms with Crippen molar-refractivity contribution < 1.29 is 18.0 Å². The number of benzene rings is 1. The van der Waals surface area contributed by atoms with Gasteiger partial charge in [-0.2, -0.15) is 13.2 Å². The molecule has 0 spiro atoms. The van der Waals surface area contributed by atoms with Crippen molar-refractivity contribution in [3.05, 3.63) is 46.6 Å². The van der Waals surface area contributed by atoms with Crippen molar-refractivity contribution in [2.75, 3.05) is 6.54 Å². The molecule has 1 saturated carbocycles. The van der Waals surface area contributed by atoms with Crippen LogP contribution >= 0.6 is 11.6 Å². The lowest BCUT2D eigenvalue weighted by Gasteiger charge is -2.29. The maximum Gasteiger partial charge on any atom is 0.417 e. The van der Waals surface area contributed by atoms with Gasteiger partial charge in [-0.05, 0) is 37.1 Å². The van der Waals surface area contributed by atoms with E-state index in [1.165, 1.54) is 6.07 Å². The van der Waals surface area contributed by atoms with Crippen LogP contribution in [0.3, 0.4) is 0 Å². The second-order valence-corrected chi connectivity index (χ2v) is 6.59. The molecule has 1 amide bonds. The van der Waals surface area contributed by atoms with Crippen molar-refractivity contribution in [3.63, 3.8) is 0 Å². The van der Waals surface area contributed by atoms with Gasteiger partial charge in [0.15, 0.2) is 0 Å². The molecule has 1 aliphatic heterocycles. The van der Waals surface area contributed by atoms with Gasteiger partial charge in [-0.1, -0.05) is 29.8 Å². The molecule has 0 radical (unpaired) electrons. The molecular weight excluding hydrogens is 341 g/mol. The Morgan fingerprint density at radius 3 is 2.67 bits per heavy atom. The fourth-order valence-electron chi connectivity index (χ4n) is 2.91. The highest BCUT2D eigenvalue weighted by Gasteiger charge is 2.38. The first kappa shape index (κ1) is 17.1. The number of amides is 1. The van der Waals surface area contributed by atoms with Gasteiger partial charge < -0.3 is 10.2 Å². The Balaban J connectivity index is 1.82. The fourth-order valence-corrected chi connectivity index (χ4v) is 3.20. The summed E-state index contributed by atoms with van der Waals surface area (Å²) in [5.41, 5.74) is -0.516. The molecule has 3 nitrogen and oxygen atoms in total. The first-order valence-corrected chi connectivity index (χ1v) is 8.29. The molecule has 1 atom stereocenters. The third kappa shape index (κ3) is 3.69. The fraction of sp³-hybridized carbons (Fsp3) is 0.471. The second kappa shape index (κ2) is 6.67. The lowest BCUT2D eigenvalue weighted by molar-refractivity contribution is -0.137. The highest BCUT2D eigenvalue weighted by Crippen LogP contribution is 2.38. The molecule has 24 heavy (non-hydrogen) atoms. The van der Waals surface area contributed by atoms with E-state index in [9.17, 15) is 18.0 Å². The summed E-state index contributed by atoms with van der Waals surface area (Å²) in [5, 5.41) is 2.72. The van der Waals surface area contributed by atoms with Crippen LogP contribution in [0.1, 0.15) is 30.4 Å². The Bertz CT molecular complexity index is 656. The Morgan fingerprint density at radius 2 is 2.08 bits per heavy atom. The number of carbonyl (C=O) groups is 1.